The summed E-state index contributed by atoms with van der Waals surface area (Å²) >= 11 is 12.5. The van der Waals surface area contributed by atoms with Crippen LogP contribution in [-0.2, 0) is 0 Å². The van der Waals surface area contributed by atoms with Gasteiger partial charge in [-0.25, -0.2) is 0 Å². The van der Waals surface area contributed by atoms with Crippen molar-refractivity contribution in [3.05, 3.63) is 65.7 Å². The molecule has 1 atom stereocenters. The van der Waals surface area contributed by atoms with Gasteiger partial charge in [0.1, 0.15) is 5.75 Å². The number of Topliss-reactive ketones (excluding diaryl/α,β-unsaturated/α-hetero) is 1. The largest absolute Gasteiger partial charge is 0.481 e. The van der Waals surface area contributed by atoms with Gasteiger partial charge in [0, 0.05) is 0 Å². The molecule has 0 aromatic heterocycles. The first-order chi connectivity index (χ1) is 9.10. The van der Waals surface area contributed by atoms with Crippen molar-refractivity contribution >= 4 is 29.0 Å². The lowest BCUT2D eigenvalue weighted by molar-refractivity contribution is 0.0821. The number of ketones is 1. The number of ether oxygens (including phenoxy) is 1. The molecule has 1 unspecified atom stereocenters. The van der Waals surface area contributed by atoms with Crippen LogP contribution in [-0.4, -0.2) is 10.1 Å². The van der Waals surface area contributed by atoms with Gasteiger partial charge in [0.2, 0.25) is 10.1 Å². The molecule has 19 heavy (non-hydrogen) atoms. The Morgan fingerprint density at radius 3 is 2.32 bits per heavy atom. The number of halogens is 2. The Hall–Kier alpha value is -1.51. The predicted octanol–water partition coefficient (Wildman–Crippen LogP) is 4.18. The van der Waals surface area contributed by atoms with Crippen molar-refractivity contribution in [2.75, 3.05) is 0 Å². The van der Waals surface area contributed by atoms with E-state index in [1.165, 1.54) is 0 Å². The number of alkyl halides is 2. The first-order valence-electron chi connectivity index (χ1n) is 5.84. The van der Waals surface area contributed by atoms with E-state index in [0.29, 0.717) is 11.3 Å². The number of para-hydroxylation sites is 1. The van der Waals surface area contributed by atoms with Crippen molar-refractivity contribution in [2.24, 2.45) is 0 Å². The lowest BCUT2D eigenvalue weighted by Crippen LogP contribution is -2.40. The molecule has 3 rings (SSSR count). The van der Waals surface area contributed by atoms with E-state index < -0.39 is 10.4 Å². The van der Waals surface area contributed by atoms with Gasteiger partial charge in [0.05, 0.1) is 5.56 Å². The molecule has 0 bridgehead atoms. The molecule has 0 aliphatic carbocycles. The molecule has 0 amide bonds. The van der Waals surface area contributed by atoms with Gasteiger partial charge in [-0.05, 0) is 17.7 Å². The van der Waals surface area contributed by atoms with Crippen LogP contribution >= 0.6 is 23.2 Å². The predicted molar refractivity (Wildman–Crippen MR) is 75.0 cm³/mol. The summed E-state index contributed by atoms with van der Waals surface area (Å²) in [7, 11) is 0. The summed E-state index contributed by atoms with van der Waals surface area (Å²) in [6, 6.07) is 16.2. The number of hydrogen-bond acceptors (Lipinski definition) is 2. The molecular formula is C15H10Cl2O2. The zero-order chi connectivity index (χ0) is 13.5. The van der Waals surface area contributed by atoms with Gasteiger partial charge < -0.3 is 4.74 Å². The van der Waals surface area contributed by atoms with E-state index in [0.717, 1.165) is 5.56 Å². The van der Waals surface area contributed by atoms with Crippen molar-refractivity contribution in [1.29, 1.82) is 0 Å². The Morgan fingerprint density at radius 1 is 0.947 bits per heavy atom. The fraction of sp³-hybridized carbons (Fsp3) is 0.133. The lowest BCUT2D eigenvalue weighted by Gasteiger charge is -2.34. The minimum atomic E-state index is -1.62. The normalized spacial score (nSPS) is 20.5. The monoisotopic (exact) mass is 292 g/mol. The van der Waals surface area contributed by atoms with Crippen LogP contribution in [0.2, 0.25) is 0 Å². The van der Waals surface area contributed by atoms with Crippen LogP contribution < -0.4 is 4.74 Å². The second kappa shape index (κ2) is 4.55. The Morgan fingerprint density at radius 2 is 1.58 bits per heavy atom. The van der Waals surface area contributed by atoms with Crippen LogP contribution in [0.5, 0.6) is 5.75 Å². The summed E-state index contributed by atoms with van der Waals surface area (Å²) in [5.74, 6) is 0.185. The fourth-order valence-corrected chi connectivity index (χ4v) is 2.71. The zero-order valence-electron chi connectivity index (χ0n) is 9.85. The Bertz CT molecular complexity index is 623. The first-order valence-corrected chi connectivity index (χ1v) is 6.59. The molecule has 1 heterocycles. The van der Waals surface area contributed by atoms with E-state index in [9.17, 15) is 4.79 Å². The fourth-order valence-electron chi connectivity index (χ4n) is 2.16. The maximum Gasteiger partial charge on any atom is 0.221 e. The van der Waals surface area contributed by atoms with E-state index in [1.807, 2.05) is 36.4 Å². The molecular weight excluding hydrogens is 283 g/mol. The third-order valence-electron chi connectivity index (χ3n) is 3.11. The lowest BCUT2D eigenvalue weighted by atomic mass is 9.95. The topological polar surface area (TPSA) is 26.3 Å². The SMILES string of the molecule is O=C1c2ccccc2OC(c2ccccc2)C1(Cl)Cl. The van der Waals surface area contributed by atoms with Crippen LogP contribution in [0.3, 0.4) is 0 Å². The summed E-state index contributed by atoms with van der Waals surface area (Å²) in [4.78, 5) is 12.4. The molecule has 0 spiro atoms. The molecule has 4 heteroatoms. The van der Waals surface area contributed by atoms with Crippen LogP contribution in [0.15, 0.2) is 54.6 Å². The van der Waals surface area contributed by atoms with E-state index in [2.05, 4.69) is 0 Å². The molecule has 0 saturated heterocycles. The zero-order valence-corrected chi connectivity index (χ0v) is 11.4. The standard InChI is InChI=1S/C15H10Cl2O2/c16-15(17)13(18)11-8-4-5-9-12(11)19-14(15)10-6-2-1-3-7-10/h1-9,14H. The summed E-state index contributed by atoms with van der Waals surface area (Å²) in [6.45, 7) is 0. The third kappa shape index (κ3) is 2.01. The molecule has 0 saturated carbocycles. The van der Waals surface area contributed by atoms with Gasteiger partial charge >= 0.3 is 0 Å². The Kier molecular flexibility index (Phi) is 3.00. The highest BCUT2D eigenvalue weighted by atomic mass is 35.5. The average molecular weight is 293 g/mol. The highest BCUT2D eigenvalue weighted by molar-refractivity contribution is 6.60. The molecule has 2 aromatic carbocycles. The number of benzene rings is 2. The van der Waals surface area contributed by atoms with Gasteiger partial charge in [-0.2, -0.15) is 0 Å². The van der Waals surface area contributed by atoms with Crippen molar-refractivity contribution < 1.29 is 9.53 Å². The first kappa shape index (κ1) is 12.5. The van der Waals surface area contributed by atoms with Gasteiger partial charge in [0.15, 0.2) is 6.10 Å². The highest BCUT2D eigenvalue weighted by Gasteiger charge is 2.49. The number of rotatable bonds is 1. The van der Waals surface area contributed by atoms with Crippen molar-refractivity contribution in [1.82, 2.24) is 0 Å². The van der Waals surface area contributed by atoms with E-state index in [-0.39, 0.29) is 5.78 Å². The van der Waals surface area contributed by atoms with Crippen molar-refractivity contribution in [2.45, 2.75) is 10.4 Å². The van der Waals surface area contributed by atoms with Crippen LogP contribution in [0.25, 0.3) is 0 Å². The van der Waals surface area contributed by atoms with E-state index in [4.69, 9.17) is 27.9 Å². The number of hydrogen-bond donors (Lipinski definition) is 0. The maximum atomic E-state index is 12.4. The summed E-state index contributed by atoms with van der Waals surface area (Å²) in [6.07, 6.45) is -0.709. The minimum Gasteiger partial charge on any atom is -0.481 e. The van der Waals surface area contributed by atoms with Crippen LogP contribution in [0.4, 0.5) is 0 Å². The number of carbonyl (C=O) groups excluding carboxylic acids is 1. The van der Waals surface area contributed by atoms with Crippen molar-refractivity contribution in [3.8, 4) is 5.75 Å². The van der Waals surface area contributed by atoms with Crippen LogP contribution in [0, 0.1) is 0 Å². The smallest absolute Gasteiger partial charge is 0.221 e. The number of fused-ring (bicyclic) bond motifs is 1. The Labute approximate surface area is 120 Å². The Balaban J connectivity index is 2.11. The van der Waals surface area contributed by atoms with E-state index in [1.54, 1.807) is 18.2 Å². The highest BCUT2D eigenvalue weighted by Crippen LogP contribution is 2.47. The molecule has 0 radical (unpaired) electrons. The van der Waals surface area contributed by atoms with Gasteiger partial charge in [-0.1, -0.05) is 65.7 Å². The van der Waals surface area contributed by atoms with Crippen molar-refractivity contribution in [3.63, 3.8) is 0 Å². The summed E-state index contributed by atoms with van der Waals surface area (Å²) in [5.41, 5.74) is 1.19. The molecule has 0 fully saturated rings. The average Bonchev–Trinajstić information content (AvgIpc) is 2.44. The van der Waals surface area contributed by atoms with E-state index >= 15 is 0 Å². The molecule has 2 nitrogen and oxygen atoms in total. The molecule has 2 aromatic rings. The van der Waals surface area contributed by atoms with Gasteiger partial charge in [0.25, 0.3) is 0 Å². The van der Waals surface area contributed by atoms with Gasteiger partial charge in [-0.15, -0.1) is 0 Å². The maximum absolute atomic E-state index is 12.4. The minimum absolute atomic E-state index is 0.327. The quantitative estimate of drug-likeness (QED) is 0.737. The molecule has 0 N–H and O–H groups in total. The summed E-state index contributed by atoms with van der Waals surface area (Å²) in [5, 5.41) is 0. The van der Waals surface area contributed by atoms with Crippen LogP contribution in [0.1, 0.15) is 22.0 Å². The summed E-state index contributed by atoms with van der Waals surface area (Å²) < 4.78 is 4.20. The molecule has 1 aliphatic rings. The second-order valence-corrected chi connectivity index (χ2v) is 5.74. The second-order valence-electron chi connectivity index (χ2n) is 4.36. The number of carbonyl (C=O) groups is 1. The molecule has 96 valence electrons. The third-order valence-corrected chi connectivity index (χ3v) is 3.85. The van der Waals surface area contributed by atoms with Gasteiger partial charge in [-0.3, -0.25) is 4.79 Å². The molecule has 1 aliphatic heterocycles.